The van der Waals surface area contributed by atoms with Crippen molar-refractivity contribution in [1.29, 1.82) is 0 Å². The Morgan fingerprint density at radius 3 is 2.72 bits per heavy atom. The molecule has 0 unspecified atom stereocenters. The Hall–Kier alpha value is -1.57. The van der Waals surface area contributed by atoms with Crippen molar-refractivity contribution in [1.82, 2.24) is 0 Å². The van der Waals surface area contributed by atoms with E-state index in [-0.39, 0.29) is 5.82 Å². The molecular formula is C16H19FN. The third-order valence-corrected chi connectivity index (χ3v) is 3.11. The topological polar surface area (TPSA) is 3.24 Å². The highest BCUT2D eigenvalue weighted by molar-refractivity contribution is 5.58. The minimum atomic E-state index is -0.150. The van der Waals surface area contributed by atoms with Gasteiger partial charge in [-0.3, -0.25) is 0 Å². The molecule has 0 saturated carbocycles. The minimum absolute atomic E-state index is 0.150. The average molecular weight is 244 g/mol. The zero-order valence-electron chi connectivity index (χ0n) is 10.8. The van der Waals surface area contributed by atoms with Crippen LogP contribution in [0.5, 0.6) is 0 Å². The maximum atomic E-state index is 13.9. The van der Waals surface area contributed by atoms with E-state index in [1.165, 1.54) is 11.6 Å². The van der Waals surface area contributed by atoms with Crippen LogP contribution in [0.15, 0.2) is 36.4 Å². The third-order valence-electron chi connectivity index (χ3n) is 3.11. The monoisotopic (exact) mass is 244 g/mol. The van der Waals surface area contributed by atoms with Gasteiger partial charge in [0, 0.05) is 19.5 Å². The molecule has 95 valence electrons. The molecule has 0 spiro atoms. The van der Waals surface area contributed by atoms with E-state index in [0.29, 0.717) is 5.69 Å². The summed E-state index contributed by atoms with van der Waals surface area (Å²) in [6, 6.07) is 5.16. The van der Waals surface area contributed by atoms with E-state index >= 15 is 0 Å². The van der Waals surface area contributed by atoms with E-state index in [9.17, 15) is 4.39 Å². The van der Waals surface area contributed by atoms with Gasteiger partial charge in [0.05, 0.1) is 5.69 Å². The van der Waals surface area contributed by atoms with Gasteiger partial charge in [0.15, 0.2) is 0 Å². The molecule has 1 aromatic carbocycles. The van der Waals surface area contributed by atoms with Gasteiger partial charge in [-0.25, -0.2) is 4.39 Å². The molecule has 0 N–H and O–H groups in total. The number of anilines is 1. The van der Waals surface area contributed by atoms with Crippen LogP contribution >= 0.6 is 0 Å². The second kappa shape index (κ2) is 5.85. The van der Waals surface area contributed by atoms with Crippen LogP contribution < -0.4 is 4.90 Å². The number of halogens is 1. The highest BCUT2D eigenvalue weighted by Crippen LogP contribution is 2.26. The van der Waals surface area contributed by atoms with Gasteiger partial charge in [-0.1, -0.05) is 37.3 Å². The number of hydrogen-bond donors (Lipinski definition) is 0. The molecule has 0 heterocycles. The highest BCUT2D eigenvalue weighted by atomic mass is 19.1. The molecule has 1 aliphatic rings. The summed E-state index contributed by atoms with van der Waals surface area (Å²) in [5.74, 6) is -0.150. The van der Waals surface area contributed by atoms with Crippen LogP contribution in [0.2, 0.25) is 0 Å². The first-order valence-electron chi connectivity index (χ1n) is 6.45. The fourth-order valence-corrected chi connectivity index (χ4v) is 2.01. The quantitative estimate of drug-likeness (QED) is 0.694. The van der Waals surface area contributed by atoms with Crippen LogP contribution in [-0.2, 0) is 0 Å². The number of benzene rings is 1. The van der Waals surface area contributed by atoms with E-state index in [1.54, 1.807) is 12.1 Å². The molecule has 1 nitrogen and oxygen atoms in total. The van der Waals surface area contributed by atoms with Gasteiger partial charge in [-0.2, -0.15) is 0 Å². The third kappa shape index (κ3) is 3.22. The Morgan fingerprint density at radius 2 is 2.11 bits per heavy atom. The largest absolute Gasteiger partial charge is 0.369 e. The molecule has 0 saturated heterocycles. The van der Waals surface area contributed by atoms with Crippen LogP contribution in [0.3, 0.4) is 0 Å². The van der Waals surface area contributed by atoms with Gasteiger partial charge < -0.3 is 4.90 Å². The Kier molecular flexibility index (Phi) is 4.19. The fourth-order valence-electron chi connectivity index (χ4n) is 2.01. The SMILES string of the molecule is C=Cc1ccc(F)c(N(CCC)CCC2=C[CH]2)c1. The second-order valence-electron chi connectivity index (χ2n) is 4.56. The lowest BCUT2D eigenvalue weighted by Crippen LogP contribution is -2.26. The van der Waals surface area contributed by atoms with Gasteiger partial charge >= 0.3 is 0 Å². The predicted molar refractivity (Wildman–Crippen MR) is 76.0 cm³/mol. The smallest absolute Gasteiger partial charge is 0.146 e. The Morgan fingerprint density at radius 1 is 1.33 bits per heavy atom. The molecular weight excluding hydrogens is 225 g/mol. The normalized spacial score (nSPS) is 13.1. The predicted octanol–water partition coefficient (Wildman–Crippen LogP) is 4.22. The molecule has 0 aromatic heterocycles. The number of rotatable bonds is 7. The molecule has 0 fully saturated rings. The minimum Gasteiger partial charge on any atom is -0.369 e. The van der Waals surface area contributed by atoms with Crippen molar-refractivity contribution in [2.24, 2.45) is 0 Å². The highest BCUT2D eigenvalue weighted by Gasteiger charge is 2.14. The van der Waals surface area contributed by atoms with E-state index in [0.717, 1.165) is 31.5 Å². The number of nitrogens with zero attached hydrogens (tertiary/aromatic N) is 1. The van der Waals surface area contributed by atoms with Crippen LogP contribution in [-0.4, -0.2) is 13.1 Å². The van der Waals surface area contributed by atoms with Crippen molar-refractivity contribution in [2.45, 2.75) is 19.8 Å². The van der Waals surface area contributed by atoms with Crippen LogP contribution in [0, 0.1) is 12.2 Å². The molecule has 2 heteroatoms. The van der Waals surface area contributed by atoms with E-state index in [4.69, 9.17) is 0 Å². The average Bonchev–Trinajstić information content (AvgIpc) is 3.19. The lowest BCUT2D eigenvalue weighted by molar-refractivity contribution is 0.614. The Labute approximate surface area is 109 Å². The summed E-state index contributed by atoms with van der Waals surface area (Å²) in [6.45, 7) is 7.60. The van der Waals surface area contributed by atoms with Crippen LogP contribution in [0.4, 0.5) is 10.1 Å². The molecule has 0 atom stereocenters. The lowest BCUT2D eigenvalue weighted by Gasteiger charge is -2.25. The first-order valence-corrected chi connectivity index (χ1v) is 6.45. The van der Waals surface area contributed by atoms with E-state index < -0.39 is 0 Å². The summed E-state index contributed by atoms with van der Waals surface area (Å²) < 4.78 is 13.9. The van der Waals surface area contributed by atoms with Gasteiger partial charge in [-0.15, -0.1) is 0 Å². The zero-order chi connectivity index (χ0) is 13.0. The van der Waals surface area contributed by atoms with Crippen molar-refractivity contribution in [2.75, 3.05) is 18.0 Å². The van der Waals surface area contributed by atoms with Crippen LogP contribution in [0.1, 0.15) is 25.3 Å². The summed E-state index contributed by atoms with van der Waals surface area (Å²) in [5.41, 5.74) is 3.02. The lowest BCUT2D eigenvalue weighted by atomic mass is 10.1. The van der Waals surface area contributed by atoms with Crippen LogP contribution in [0.25, 0.3) is 6.08 Å². The molecule has 1 aromatic rings. The fraction of sp³-hybridized carbons (Fsp3) is 0.312. The van der Waals surface area contributed by atoms with Gasteiger partial charge in [0.25, 0.3) is 0 Å². The molecule has 18 heavy (non-hydrogen) atoms. The molecule has 1 radical (unpaired) electrons. The Bertz CT molecular complexity index is 462. The second-order valence-corrected chi connectivity index (χ2v) is 4.56. The summed E-state index contributed by atoms with van der Waals surface area (Å²) in [6.07, 6.45) is 7.99. The first kappa shape index (κ1) is 12.9. The molecule has 0 amide bonds. The van der Waals surface area contributed by atoms with Gasteiger partial charge in [-0.05, 0) is 30.5 Å². The van der Waals surface area contributed by atoms with E-state index in [2.05, 4.69) is 30.9 Å². The van der Waals surface area contributed by atoms with Crippen molar-refractivity contribution in [3.8, 4) is 0 Å². The summed E-state index contributed by atoms with van der Waals surface area (Å²) >= 11 is 0. The van der Waals surface area contributed by atoms with E-state index in [1.807, 2.05) is 6.07 Å². The maximum absolute atomic E-state index is 13.9. The molecule has 0 bridgehead atoms. The summed E-state index contributed by atoms with van der Waals surface area (Å²) in [5, 5.41) is 0. The zero-order valence-corrected chi connectivity index (χ0v) is 10.8. The van der Waals surface area contributed by atoms with Gasteiger partial charge in [0.1, 0.15) is 5.82 Å². The number of hydrogen-bond acceptors (Lipinski definition) is 1. The standard InChI is InChI=1S/C16H19FN/c1-3-10-18(11-9-14-5-6-14)16-12-13(4-2)7-8-15(16)17/h4-8,12H,2-3,9-11H2,1H3. The maximum Gasteiger partial charge on any atom is 0.146 e. The van der Waals surface area contributed by atoms with Crippen molar-refractivity contribution in [3.05, 3.63) is 54.2 Å². The first-order chi connectivity index (χ1) is 8.74. The van der Waals surface area contributed by atoms with Gasteiger partial charge in [0.2, 0.25) is 0 Å². The van der Waals surface area contributed by atoms with Crippen molar-refractivity contribution >= 4 is 11.8 Å². The van der Waals surface area contributed by atoms with Crippen molar-refractivity contribution < 1.29 is 4.39 Å². The number of allylic oxidation sites excluding steroid dienone is 1. The molecule has 0 aliphatic heterocycles. The summed E-state index contributed by atoms with van der Waals surface area (Å²) in [4.78, 5) is 2.12. The molecule has 2 rings (SSSR count). The Balaban J connectivity index is 2.16. The van der Waals surface area contributed by atoms with Crippen molar-refractivity contribution in [3.63, 3.8) is 0 Å². The molecule has 1 aliphatic carbocycles. The summed E-state index contributed by atoms with van der Waals surface area (Å²) in [7, 11) is 0.